The van der Waals surface area contributed by atoms with Gasteiger partial charge in [-0.05, 0) is 37.1 Å². The number of hydrogen-bond donors (Lipinski definition) is 0. The molecule has 0 spiro atoms. The van der Waals surface area contributed by atoms with Crippen molar-refractivity contribution < 1.29 is 14.1 Å². The van der Waals surface area contributed by atoms with Crippen molar-refractivity contribution in [2.45, 2.75) is 19.3 Å². The Labute approximate surface area is 153 Å². The van der Waals surface area contributed by atoms with Gasteiger partial charge in [-0.1, -0.05) is 33.2 Å². The van der Waals surface area contributed by atoms with Gasteiger partial charge in [0.2, 0.25) is 23.5 Å². The van der Waals surface area contributed by atoms with Gasteiger partial charge in [-0.15, -0.1) is 0 Å². The van der Waals surface area contributed by atoms with Crippen molar-refractivity contribution in [1.29, 1.82) is 0 Å². The molecule has 4 rings (SSSR count). The molecule has 0 saturated carbocycles. The Balaban J connectivity index is 1.43. The molecule has 25 heavy (non-hydrogen) atoms. The maximum Gasteiger partial charge on any atom is 0.233 e. The zero-order valence-corrected chi connectivity index (χ0v) is 15.0. The van der Waals surface area contributed by atoms with Gasteiger partial charge in [0.15, 0.2) is 0 Å². The van der Waals surface area contributed by atoms with Crippen molar-refractivity contribution >= 4 is 27.7 Å². The molecule has 128 valence electrons. The minimum absolute atomic E-state index is 0.0769. The maximum atomic E-state index is 12.4. The fourth-order valence-corrected chi connectivity index (χ4v) is 3.63. The molecule has 6 nitrogen and oxygen atoms in total. The Bertz CT molecular complexity index is 818. The van der Waals surface area contributed by atoms with Crippen LogP contribution in [-0.2, 0) is 16.0 Å². The number of fused-ring (bicyclic) bond motifs is 1. The molecule has 1 fully saturated rings. The van der Waals surface area contributed by atoms with E-state index in [1.54, 1.807) is 0 Å². The summed E-state index contributed by atoms with van der Waals surface area (Å²) in [5.41, 5.74) is 0.851. The van der Waals surface area contributed by atoms with Crippen LogP contribution in [-0.4, -0.2) is 33.4 Å². The number of nitrogens with zero attached hydrogens (tertiary/aromatic N) is 3. The van der Waals surface area contributed by atoms with E-state index < -0.39 is 0 Å². The fraction of sp³-hybridized carbons (Fsp3) is 0.333. The van der Waals surface area contributed by atoms with Crippen LogP contribution in [0.3, 0.4) is 0 Å². The van der Waals surface area contributed by atoms with Crippen molar-refractivity contribution in [3.63, 3.8) is 0 Å². The van der Waals surface area contributed by atoms with E-state index in [1.807, 2.05) is 36.4 Å². The van der Waals surface area contributed by atoms with Crippen LogP contribution in [0.15, 0.2) is 45.4 Å². The monoisotopic (exact) mass is 401 g/mol. The minimum Gasteiger partial charge on any atom is -0.339 e. The minimum atomic E-state index is -0.196. The van der Waals surface area contributed by atoms with Crippen molar-refractivity contribution in [3.05, 3.63) is 46.8 Å². The molecule has 0 radical (unpaired) electrons. The summed E-state index contributed by atoms with van der Waals surface area (Å²) in [6, 6.07) is 7.60. The molecule has 0 N–H and O–H groups in total. The van der Waals surface area contributed by atoms with Crippen LogP contribution >= 0.6 is 15.9 Å². The molecule has 1 aliphatic carbocycles. The Morgan fingerprint density at radius 1 is 1.08 bits per heavy atom. The Morgan fingerprint density at radius 2 is 1.72 bits per heavy atom. The van der Waals surface area contributed by atoms with Crippen molar-refractivity contribution in [3.8, 4) is 11.4 Å². The van der Waals surface area contributed by atoms with E-state index >= 15 is 0 Å². The molecule has 2 atom stereocenters. The summed E-state index contributed by atoms with van der Waals surface area (Å²) in [7, 11) is 0. The number of carbonyl (C=O) groups excluding carboxylic acids is 2. The maximum absolute atomic E-state index is 12.4. The first-order valence-electron chi connectivity index (χ1n) is 8.22. The van der Waals surface area contributed by atoms with Crippen LogP contribution < -0.4 is 0 Å². The highest BCUT2D eigenvalue weighted by Gasteiger charge is 2.46. The molecule has 0 unspecified atom stereocenters. The number of benzene rings is 1. The van der Waals surface area contributed by atoms with Gasteiger partial charge in [-0.25, -0.2) is 0 Å². The number of likely N-dealkylation sites (tertiary alicyclic amines) is 1. The van der Waals surface area contributed by atoms with Gasteiger partial charge in [0.25, 0.3) is 0 Å². The van der Waals surface area contributed by atoms with Gasteiger partial charge in [0.1, 0.15) is 0 Å². The molecule has 2 amide bonds. The van der Waals surface area contributed by atoms with E-state index in [0.717, 1.165) is 10.0 Å². The molecule has 1 aromatic carbocycles. The Hall–Kier alpha value is -2.28. The predicted octanol–water partition coefficient (Wildman–Crippen LogP) is 2.99. The van der Waals surface area contributed by atoms with E-state index in [2.05, 4.69) is 26.1 Å². The molecule has 0 bridgehead atoms. The van der Waals surface area contributed by atoms with Crippen LogP contribution in [0.25, 0.3) is 11.4 Å². The summed E-state index contributed by atoms with van der Waals surface area (Å²) in [5, 5.41) is 3.97. The van der Waals surface area contributed by atoms with Gasteiger partial charge in [-0.2, -0.15) is 4.98 Å². The number of allylic oxidation sites excluding steroid dienone is 2. The lowest BCUT2D eigenvalue weighted by Gasteiger charge is -2.14. The molecule has 2 aliphatic rings. The number of amides is 2. The van der Waals surface area contributed by atoms with Crippen molar-refractivity contribution in [1.82, 2.24) is 15.0 Å². The highest BCUT2D eigenvalue weighted by molar-refractivity contribution is 9.10. The molecule has 1 saturated heterocycles. The number of hydrogen-bond acceptors (Lipinski definition) is 5. The molecule has 1 aliphatic heterocycles. The number of carbonyl (C=O) groups is 2. The molecule has 1 aromatic heterocycles. The van der Waals surface area contributed by atoms with Gasteiger partial charge in [0, 0.05) is 23.0 Å². The van der Waals surface area contributed by atoms with Crippen LogP contribution in [0.1, 0.15) is 18.7 Å². The molecule has 2 aromatic rings. The van der Waals surface area contributed by atoms with Gasteiger partial charge < -0.3 is 4.52 Å². The third-order valence-corrected chi connectivity index (χ3v) is 5.25. The number of rotatable bonds is 4. The van der Waals surface area contributed by atoms with Crippen LogP contribution in [0.4, 0.5) is 0 Å². The first kappa shape index (κ1) is 16.2. The average molecular weight is 402 g/mol. The fourth-order valence-electron chi connectivity index (χ4n) is 3.37. The quantitative estimate of drug-likeness (QED) is 0.581. The van der Waals surface area contributed by atoms with E-state index in [0.29, 0.717) is 31.0 Å². The van der Waals surface area contributed by atoms with Gasteiger partial charge in [-0.3, -0.25) is 14.5 Å². The molecule has 7 heteroatoms. The summed E-state index contributed by atoms with van der Waals surface area (Å²) in [6.45, 7) is 0.284. The number of imide groups is 1. The second-order valence-electron chi connectivity index (χ2n) is 6.25. The van der Waals surface area contributed by atoms with E-state index in [9.17, 15) is 9.59 Å². The van der Waals surface area contributed by atoms with Crippen molar-refractivity contribution in [2.75, 3.05) is 6.54 Å². The van der Waals surface area contributed by atoms with Gasteiger partial charge >= 0.3 is 0 Å². The van der Waals surface area contributed by atoms with Crippen LogP contribution in [0, 0.1) is 11.8 Å². The number of halogens is 1. The highest BCUT2D eigenvalue weighted by atomic mass is 79.9. The zero-order chi connectivity index (χ0) is 17.4. The highest BCUT2D eigenvalue weighted by Crippen LogP contribution is 2.35. The summed E-state index contributed by atoms with van der Waals surface area (Å²) >= 11 is 3.38. The lowest BCUT2D eigenvalue weighted by molar-refractivity contribution is -0.139. The largest absolute Gasteiger partial charge is 0.339 e. The Morgan fingerprint density at radius 3 is 2.36 bits per heavy atom. The second kappa shape index (κ2) is 6.55. The molecule has 2 heterocycles. The predicted molar refractivity (Wildman–Crippen MR) is 93.2 cm³/mol. The van der Waals surface area contributed by atoms with Crippen LogP contribution in [0.2, 0.25) is 0 Å². The molecular formula is C18H16BrN3O3. The lowest BCUT2D eigenvalue weighted by atomic mass is 9.85. The van der Waals surface area contributed by atoms with Crippen molar-refractivity contribution in [2.24, 2.45) is 11.8 Å². The SMILES string of the molecule is O=C1[C@H]2CC=CC[C@H]2C(=O)N1CCc1nc(-c2ccc(Br)cc2)no1. The standard InChI is InChI=1S/C18H16BrN3O3/c19-12-7-5-11(6-8-12)16-20-15(25-21-16)9-10-22-17(23)13-3-1-2-4-14(13)18(22)24/h1-2,5-8,13-14H,3-4,9-10H2/t13-,14+. The second-order valence-corrected chi connectivity index (χ2v) is 7.17. The normalized spacial score (nSPS) is 22.5. The first-order chi connectivity index (χ1) is 12.1. The summed E-state index contributed by atoms with van der Waals surface area (Å²) in [5.74, 6) is 0.377. The third-order valence-electron chi connectivity index (χ3n) is 4.72. The summed E-state index contributed by atoms with van der Waals surface area (Å²) < 4.78 is 6.24. The molecular weight excluding hydrogens is 386 g/mol. The first-order valence-corrected chi connectivity index (χ1v) is 9.01. The zero-order valence-electron chi connectivity index (χ0n) is 13.4. The van der Waals surface area contributed by atoms with E-state index in [1.165, 1.54) is 4.90 Å². The van der Waals surface area contributed by atoms with E-state index in [-0.39, 0.29) is 30.2 Å². The lowest BCUT2D eigenvalue weighted by Crippen LogP contribution is -2.33. The summed E-state index contributed by atoms with van der Waals surface area (Å²) in [4.78, 5) is 30.6. The summed E-state index contributed by atoms with van der Waals surface area (Å²) in [6.07, 6.45) is 5.64. The van der Waals surface area contributed by atoms with E-state index in [4.69, 9.17) is 4.52 Å². The Kier molecular flexibility index (Phi) is 4.25. The average Bonchev–Trinajstić information content (AvgIpc) is 3.19. The topological polar surface area (TPSA) is 76.3 Å². The van der Waals surface area contributed by atoms with Gasteiger partial charge in [0.05, 0.1) is 11.8 Å². The smallest absolute Gasteiger partial charge is 0.233 e. The number of aromatic nitrogens is 2. The van der Waals surface area contributed by atoms with Crippen LogP contribution in [0.5, 0.6) is 0 Å². The third kappa shape index (κ3) is 3.04.